The number of nitrogens with zero attached hydrogens (tertiary/aromatic N) is 1. The van der Waals surface area contributed by atoms with E-state index in [2.05, 4.69) is 0 Å². The largest absolute Gasteiger partial charge is 0.323 e. The first kappa shape index (κ1) is 9.69. The molecule has 0 bridgehead atoms. The van der Waals surface area contributed by atoms with Crippen LogP contribution in [0.4, 0.5) is 4.39 Å². The Morgan fingerprint density at radius 2 is 2.31 bits per heavy atom. The summed E-state index contributed by atoms with van der Waals surface area (Å²) in [5.74, 6) is -0.331. The van der Waals surface area contributed by atoms with E-state index in [4.69, 9.17) is 11.0 Å². The zero-order valence-corrected chi connectivity index (χ0v) is 7.42. The SMILES string of the molecule is Cc1cccc(F)c1[C@@H](N)CC#N. The van der Waals surface area contributed by atoms with Gasteiger partial charge in [0.05, 0.1) is 12.5 Å². The Morgan fingerprint density at radius 1 is 1.62 bits per heavy atom. The molecule has 68 valence electrons. The predicted molar refractivity (Wildman–Crippen MR) is 48.3 cm³/mol. The van der Waals surface area contributed by atoms with E-state index in [-0.39, 0.29) is 12.2 Å². The molecule has 0 aliphatic carbocycles. The van der Waals surface area contributed by atoms with Gasteiger partial charge in [0, 0.05) is 11.6 Å². The van der Waals surface area contributed by atoms with Crippen molar-refractivity contribution in [3.05, 3.63) is 35.1 Å². The summed E-state index contributed by atoms with van der Waals surface area (Å²) in [7, 11) is 0. The molecule has 1 aromatic rings. The van der Waals surface area contributed by atoms with Gasteiger partial charge < -0.3 is 5.73 Å². The number of nitriles is 1. The van der Waals surface area contributed by atoms with Gasteiger partial charge in [-0.1, -0.05) is 12.1 Å². The highest BCUT2D eigenvalue weighted by Gasteiger charge is 2.12. The number of hydrogen-bond acceptors (Lipinski definition) is 2. The highest BCUT2D eigenvalue weighted by atomic mass is 19.1. The second kappa shape index (κ2) is 4.01. The lowest BCUT2D eigenvalue weighted by molar-refractivity contribution is 0.582. The number of benzene rings is 1. The van der Waals surface area contributed by atoms with Crippen molar-refractivity contribution in [2.75, 3.05) is 0 Å². The quantitative estimate of drug-likeness (QED) is 0.753. The van der Waals surface area contributed by atoms with Crippen LogP contribution in [0.2, 0.25) is 0 Å². The number of rotatable bonds is 2. The van der Waals surface area contributed by atoms with Crippen molar-refractivity contribution in [3.8, 4) is 6.07 Å². The fraction of sp³-hybridized carbons (Fsp3) is 0.300. The highest BCUT2D eigenvalue weighted by molar-refractivity contribution is 5.30. The summed E-state index contributed by atoms with van der Waals surface area (Å²) < 4.78 is 13.2. The van der Waals surface area contributed by atoms with Crippen LogP contribution in [0.15, 0.2) is 18.2 Å². The van der Waals surface area contributed by atoms with Crippen LogP contribution >= 0.6 is 0 Å². The average Bonchev–Trinajstić information content (AvgIpc) is 2.04. The molecule has 0 amide bonds. The Morgan fingerprint density at radius 3 is 2.85 bits per heavy atom. The minimum Gasteiger partial charge on any atom is -0.323 e. The third kappa shape index (κ3) is 2.04. The zero-order chi connectivity index (χ0) is 9.84. The van der Waals surface area contributed by atoms with Crippen molar-refractivity contribution in [2.45, 2.75) is 19.4 Å². The highest BCUT2D eigenvalue weighted by Crippen LogP contribution is 2.21. The van der Waals surface area contributed by atoms with Gasteiger partial charge in [-0.3, -0.25) is 0 Å². The standard InChI is InChI=1S/C10H11FN2/c1-7-3-2-4-8(11)10(7)9(13)5-6-12/h2-4,9H,5,13H2,1H3/t9-/m0/s1. The summed E-state index contributed by atoms with van der Waals surface area (Å²) in [6.45, 7) is 1.79. The van der Waals surface area contributed by atoms with E-state index in [0.717, 1.165) is 5.56 Å². The van der Waals surface area contributed by atoms with Crippen LogP contribution in [-0.4, -0.2) is 0 Å². The molecular formula is C10H11FN2. The second-order valence-corrected chi connectivity index (χ2v) is 2.94. The summed E-state index contributed by atoms with van der Waals surface area (Å²) >= 11 is 0. The third-order valence-electron chi connectivity index (χ3n) is 1.95. The van der Waals surface area contributed by atoms with Crippen LogP contribution in [0, 0.1) is 24.1 Å². The Bertz CT molecular complexity index is 321. The van der Waals surface area contributed by atoms with E-state index in [1.807, 2.05) is 6.07 Å². The van der Waals surface area contributed by atoms with Crippen LogP contribution in [0.25, 0.3) is 0 Å². The summed E-state index contributed by atoms with van der Waals surface area (Å²) in [6, 6.07) is 6.19. The molecule has 0 spiro atoms. The van der Waals surface area contributed by atoms with Crippen LogP contribution in [0.3, 0.4) is 0 Å². The molecule has 1 atom stereocenters. The van der Waals surface area contributed by atoms with E-state index in [9.17, 15) is 4.39 Å². The molecule has 1 rings (SSSR count). The van der Waals surface area contributed by atoms with Gasteiger partial charge in [0.25, 0.3) is 0 Å². The maximum Gasteiger partial charge on any atom is 0.128 e. The van der Waals surface area contributed by atoms with Crippen molar-refractivity contribution in [1.29, 1.82) is 5.26 Å². The number of aryl methyl sites for hydroxylation is 1. The lowest BCUT2D eigenvalue weighted by atomic mass is 9.99. The minimum atomic E-state index is -0.522. The van der Waals surface area contributed by atoms with Gasteiger partial charge in [-0.15, -0.1) is 0 Å². The topological polar surface area (TPSA) is 49.8 Å². The maximum absolute atomic E-state index is 13.2. The molecule has 0 aliphatic rings. The molecule has 0 aliphatic heterocycles. The molecule has 0 aromatic heterocycles. The fourth-order valence-corrected chi connectivity index (χ4v) is 1.31. The van der Waals surface area contributed by atoms with Crippen molar-refractivity contribution in [3.63, 3.8) is 0 Å². The molecule has 0 saturated carbocycles. The summed E-state index contributed by atoms with van der Waals surface area (Å²) in [5.41, 5.74) is 6.89. The molecule has 0 unspecified atom stereocenters. The first-order valence-corrected chi connectivity index (χ1v) is 4.04. The van der Waals surface area contributed by atoms with Crippen molar-refractivity contribution >= 4 is 0 Å². The third-order valence-corrected chi connectivity index (χ3v) is 1.95. The van der Waals surface area contributed by atoms with E-state index in [1.54, 1.807) is 19.1 Å². The van der Waals surface area contributed by atoms with E-state index < -0.39 is 6.04 Å². The van der Waals surface area contributed by atoms with Gasteiger partial charge in [0.15, 0.2) is 0 Å². The average molecular weight is 178 g/mol. The lowest BCUT2D eigenvalue weighted by Crippen LogP contribution is -2.12. The van der Waals surface area contributed by atoms with Crippen LogP contribution in [-0.2, 0) is 0 Å². The first-order valence-electron chi connectivity index (χ1n) is 4.04. The predicted octanol–water partition coefficient (Wildman–Crippen LogP) is 2.05. The summed E-state index contributed by atoms with van der Waals surface area (Å²) in [6.07, 6.45) is 0.141. The van der Waals surface area contributed by atoms with Crippen molar-refractivity contribution < 1.29 is 4.39 Å². The molecule has 1 aromatic carbocycles. The van der Waals surface area contributed by atoms with Gasteiger partial charge in [-0.05, 0) is 18.6 Å². The van der Waals surface area contributed by atoms with Crippen molar-refractivity contribution in [1.82, 2.24) is 0 Å². The van der Waals surface area contributed by atoms with Crippen LogP contribution in [0.5, 0.6) is 0 Å². The van der Waals surface area contributed by atoms with Crippen LogP contribution in [0.1, 0.15) is 23.6 Å². The van der Waals surface area contributed by atoms with E-state index >= 15 is 0 Å². The lowest BCUT2D eigenvalue weighted by Gasteiger charge is -2.11. The van der Waals surface area contributed by atoms with E-state index in [1.165, 1.54) is 6.07 Å². The molecule has 0 radical (unpaired) electrons. The Balaban J connectivity index is 3.06. The van der Waals surface area contributed by atoms with Gasteiger partial charge in [0.1, 0.15) is 5.82 Å². The molecule has 3 heteroatoms. The van der Waals surface area contributed by atoms with Crippen LogP contribution < -0.4 is 5.73 Å². The Kier molecular flexibility index (Phi) is 2.99. The molecular weight excluding hydrogens is 167 g/mol. The van der Waals surface area contributed by atoms with E-state index in [0.29, 0.717) is 5.56 Å². The van der Waals surface area contributed by atoms with Gasteiger partial charge >= 0.3 is 0 Å². The molecule has 2 nitrogen and oxygen atoms in total. The van der Waals surface area contributed by atoms with Gasteiger partial charge in [-0.25, -0.2) is 4.39 Å². The molecule has 13 heavy (non-hydrogen) atoms. The monoisotopic (exact) mass is 178 g/mol. The normalized spacial score (nSPS) is 12.2. The first-order chi connectivity index (χ1) is 6.16. The minimum absolute atomic E-state index is 0.141. The fourth-order valence-electron chi connectivity index (χ4n) is 1.31. The van der Waals surface area contributed by atoms with Gasteiger partial charge in [-0.2, -0.15) is 5.26 Å². The Labute approximate surface area is 76.8 Å². The number of hydrogen-bond donors (Lipinski definition) is 1. The smallest absolute Gasteiger partial charge is 0.128 e. The Hall–Kier alpha value is -1.40. The maximum atomic E-state index is 13.2. The zero-order valence-electron chi connectivity index (χ0n) is 7.42. The van der Waals surface area contributed by atoms with Gasteiger partial charge in [0.2, 0.25) is 0 Å². The molecule has 0 saturated heterocycles. The number of halogens is 1. The summed E-state index contributed by atoms with van der Waals surface area (Å²) in [5, 5.41) is 8.43. The second-order valence-electron chi connectivity index (χ2n) is 2.94. The number of nitrogens with two attached hydrogens (primary N) is 1. The molecule has 0 heterocycles. The molecule has 2 N–H and O–H groups in total. The molecule has 0 fully saturated rings. The summed E-state index contributed by atoms with van der Waals surface area (Å²) in [4.78, 5) is 0. The van der Waals surface area contributed by atoms with Crippen molar-refractivity contribution in [2.24, 2.45) is 5.73 Å².